The summed E-state index contributed by atoms with van der Waals surface area (Å²) < 4.78 is 0. The Kier molecular flexibility index (Phi) is 3.29. The Labute approximate surface area is 113 Å². The molecule has 1 unspecified atom stereocenters. The first-order valence-electron chi connectivity index (χ1n) is 6.72. The summed E-state index contributed by atoms with van der Waals surface area (Å²) in [5.74, 6) is 1.46. The van der Waals surface area contributed by atoms with Crippen molar-refractivity contribution in [1.82, 2.24) is 24.8 Å². The molecular formula is C14H19N5. The van der Waals surface area contributed by atoms with Crippen LogP contribution in [0.1, 0.15) is 35.2 Å². The van der Waals surface area contributed by atoms with Gasteiger partial charge in [0.25, 0.3) is 0 Å². The number of likely N-dealkylation sites (tertiary alicyclic amines) is 1. The Morgan fingerprint density at radius 3 is 2.79 bits per heavy atom. The van der Waals surface area contributed by atoms with Gasteiger partial charge >= 0.3 is 0 Å². The van der Waals surface area contributed by atoms with E-state index in [0.29, 0.717) is 5.92 Å². The molecule has 2 aromatic heterocycles. The second-order valence-corrected chi connectivity index (χ2v) is 5.31. The van der Waals surface area contributed by atoms with Crippen molar-refractivity contribution in [3.63, 3.8) is 0 Å². The van der Waals surface area contributed by atoms with Gasteiger partial charge in [0.2, 0.25) is 0 Å². The number of hydrogen-bond acceptors (Lipinski definition) is 4. The summed E-state index contributed by atoms with van der Waals surface area (Å²) >= 11 is 0. The molecule has 1 fully saturated rings. The van der Waals surface area contributed by atoms with Crippen LogP contribution in [0.3, 0.4) is 0 Å². The van der Waals surface area contributed by atoms with Gasteiger partial charge in [-0.15, -0.1) is 0 Å². The Hall–Kier alpha value is -1.75. The summed E-state index contributed by atoms with van der Waals surface area (Å²) in [7, 11) is 0. The quantitative estimate of drug-likeness (QED) is 0.911. The molecule has 0 aliphatic carbocycles. The maximum absolute atomic E-state index is 4.59. The van der Waals surface area contributed by atoms with Gasteiger partial charge in [0.1, 0.15) is 5.82 Å². The summed E-state index contributed by atoms with van der Waals surface area (Å²) in [6.07, 6.45) is 4.76. The third kappa shape index (κ3) is 2.81. The van der Waals surface area contributed by atoms with Crippen LogP contribution >= 0.6 is 0 Å². The van der Waals surface area contributed by atoms with Gasteiger partial charge in [-0.3, -0.25) is 4.90 Å². The number of aromatic amines is 1. The lowest BCUT2D eigenvalue weighted by atomic mass is 10.1. The zero-order chi connectivity index (χ0) is 13.2. The fourth-order valence-corrected chi connectivity index (χ4v) is 2.73. The van der Waals surface area contributed by atoms with E-state index in [0.717, 1.165) is 43.3 Å². The summed E-state index contributed by atoms with van der Waals surface area (Å²) in [4.78, 5) is 18.8. The van der Waals surface area contributed by atoms with E-state index >= 15 is 0 Å². The van der Waals surface area contributed by atoms with Crippen LogP contribution in [0, 0.1) is 13.8 Å². The van der Waals surface area contributed by atoms with Gasteiger partial charge in [0.15, 0.2) is 0 Å². The number of nitrogens with zero attached hydrogens (tertiary/aromatic N) is 4. The molecule has 0 bridgehead atoms. The van der Waals surface area contributed by atoms with Gasteiger partial charge in [-0.25, -0.2) is 15.0 Å². The Balaban J connectivity index is 1.68. The Morgan fingerprint density at radius 2 is 2.11 bits per heavy atom. The summed E-state index contributed by atoms with van der Waals surface area (Å²) in [5, 5.41) is 0. The molecule has 100 valence electrons. The van der Waals surface area contributed by atoms with Crippen LogP contribution in [0.5, 0.6) is 0 Å². The predicted octanol–water partition coefficient (Wildman–Crippen LogP) is 1.81. The average Bonchev–Trinajstić information content (AvgIpc) is 2.99. The second kappa shape index (κ2) is 5.09. The molecule has 2 aromatic rings. The molecule has 0 radical (unpaired) electrons. The van der Waals surface area contributed by atoms with E-state index in [1.807, 2.05) is 26.1 Å². The van der Waals surface area contributed by atoms with E-state index in [-0.39, 0.29) is 0 Å². The average molecular weight is 257 g/mol. The minimum atomic E-state index is 0.460. The van der Waals surface area contributed by atoms with Crippen LogP contribution in [-0.4, -0.2) is 37.9 Å². The van der Waals surface area contributed by atoms with Crippen molar-refractivity contribution in [2.24, 2.45) is 0 Å². The largest absolute Gasteiger partial charge is 0.347 e. The SMILES string of the molecule is Cc1cc(C)nc(C2CCN(Cc3cnc[nH]3)C2)n1. The van der Waals surface area contributed by atoms with E-state index in [4.69, 9.17) is 0 Å². The second-order valence-electron chi connectivity index (χ2n) is 5.31. The highest BCUT2D eigenvalue weighted by Crippen LogP contribution is 2.25. The lowest BCUT2D eigenvalue weighted by molar-refractivity contribution is 0.322. The predicted molar refractivity (Wildman–Crippen MR) is 72.7 cm³/mol. The molecule has 1 aliphatic heterocycles. The standard InChI is InChI=1S/C14H19N5/c1-10-5-11(2)18-14(17-10)12-3-4-19(7-12)8-13-6-15-9-16-13/h5-6,9,12H,3-4,7-8H2,1-2H3,(H,15,16). The van der Waals surface area contributed by atoms with Gasteiger partial charge in [0, 0.05) is 42.3 Å². The van der Waals surface area contributed by atoms with E-state index in [9.17, 15) is 0 Å². The first-order valence-corrected chi connectivity index (χ1v) is 6.72. The van der Waals surface area contributed by atoms with Crippen molar-refractivity contribution in [2.75, 3.05) is 13.1 Å². The highest BCUT2D eigenvalue weighted by atomic mass is 15.2. The van der Waals surface area contributed by atoms with Gasteiger partial charge in [-0.2, -0.15) is 0 Å². The van der Waals surface area contributed by atoms with Crippen molar-refractivity contribution in [2.45, 2.75) is 32.7 Å². The number of aryl methyl sites for hydroxylation is 2. The molecule has 1 saturated heterocycles. The molecule has 5 nitrogen and oxygen atoms in total. The minimum absolute atomic E-state index is 0.460. The van der Waals surface area contributed by atoms with Crippen molar-refractivity contribution < 1.29 is 0 Å². The highest BCUT2D eigenvalue weighted by molar-refractivity contribution is 5.12. The van der Waals surface area contributed by atoms with Crippen LogP contribution in [-0.2, 0) is 6.54 Å². The third-order valence-corrected chi connectivity index (χ3v) is 3.59. The molecular weight excluding hydrogens is 238 g/mol. The maximum Gasteiger partial charge on any atom is 0.133 e. The molecule has 1 aliphatic rings. The first kappa shape index (κ1) is 12.3. The number of imidazole rings is 1. The van der Waals surface area contributed by atoms with Crippen LogP contribution in [0.25, 0.3) is 0 Å². The lowest BCUT2D eigenvalue weighted by Gasteiger charge is -2.14. The van der Waals surface area contributed by atoms with Gasteiger partial charge in [-0.05, 0) is 32.9 Å². The molecule has 0 aromatic carbocycles. The highest BCUT2D eigenvalue weighted by Gasteiger charge is 2.26. The molecule has 3 rings (SSSR count). The van der Waals surface area contributed by atoms with Crippen molar-refractivity contribution in [3.05, 3.63) is 41.5 Å². The summed E-state index contributed by atoms with van der Waals surface area (Å²) in [6, 6.07) is 2.03. The van der Waals surface area contributed by atoms with Gasteiger partial charge < -0.3 is 4.98 Å². The van der Waals surface area contributed by atoms with Crippen LogP contribution < -0.4 is 0 Å². The number of hydrogen-bond donors (Lipinski definition) is 1. The smallest absolute Gasteiger partial charge is 0.133 e. The summed E-state index contributed by atoms with van der Waals surface area (Å²) in [5.41, 5.74) is 3.30. The number of rotatable bonds is 3. The molecule has 0 saturated carbocycles. The van der Waals surface area contributed by atoms with Crippen molar-refractivity contribution in [1.29, 1.82) is 0 Å². The maximum atomic E-state index is 4.59. The van der Waals surface area contributed by atoms with E-state index in [2.05, 4.69) is 24.8 Å². The molecule has 19 heavy (non-hydrogen) atoms. The number of aromatic nitrogens is 4. The minimum Gasteiger partial charge on any atom is -0.347 e. The zero-order valence-electron chi connectivity index (χ0n) is 11.4. The van der Waals surface area contributed by atoms with Gasteiger partial charge in [-0.1, -0.05) is 0 Å². The number of nitrogens with one attached hydrogen (secondary N) is 1. The molecule has 0 spiro atoms. The monoisotopic (exact) mass is 257 g/mol. The number of H-pyrrole nitrogens is 1. The zero-order valence-corrected chi connectivity index (χ0v) is 11.4. The van der Waals surface area contributed by atoms with Gasteiger partial charge in [0.05, 0.1) is 6.33 Å². The normalized spacial score (nSPS) is 20.0. The first-order chi connectivity index (χ1) is 9.20. The Morgan fingerprint density at radius 1 is 1.32 bits per heavy atom. The fourth-order valence-electron chi connectivity index (χ4n) is 2.73. The molecule has 3 heterocycles. The van der Waals surface area contributed by atoms with Crippen LogP contribution in [0.2, 0.25) is 0 Å². The van der Waals surface area contributed by atoms with Crippen LogP contribution in [0.15, 0.2) is 18.6 Å². The van der Waals surface area contributed by atoms with E-state index < -0.39 is 0 Å². The van der Waals surface area contributed by atoms with E-state index in [1.54, 1.807) is 6.33 Å². The van der Waals surface area contributed by atoms with Crippen molar-refractivity contribution in [3.8, 4) is 0 Å². The van der Waals surface area contributed by atoms with Crippen LogP contribution in [0.4, 0.5) is 0 Å². The molecule has 1 N–H and O–H groups in total. The third-order valence-electron chi connectivity index (χ3n) is 3.59. The van der Waals surface area contributed by atoms with E-state index in [1.165, 1.54) is 5.69 Å². The molecule has 5 heteroatoms. The lowest BCUT2D eigenvalue weighted by Crippen LogP contribution is -2.20. The molecule has 0 amide bonds. The fraction of sp³-hybridized carbons (Fsp3) is 0.500. The summed E-state index contributed by atoms with van der Waals surface area (Å²) in [6.45, 7) is 7.13. The topological polar surface area (TPSA) is 57.7 Å². The van der Waals surface area contributed by atoms with Crippen molar-refractivity contribution >= 4 is 0 Å². The Bertz CT molecular complexity index is 529. The molecule has 1 atom stereocenters.